The molecule has 0 bridgehead atoms. The van der Waals surface area contributed by atoms with Crippen LogP contribution < -0.4 is 0 Å². The van der Waals surface area contributed by atoms with Crippen molar-refractivity contribution in [2.75, 3.05) is 6.54 Å². The number of nitriles is 1. The molecule has 0 saturated carbocycles. The summed E-state index contributed by atoms with van der Waals surface area (Å²) in [6.45, 7) is 2.75. The van der Waals surface area contributed by atoms with E-state index in [9.17, 15) is 4.79 Å². The second-order valence-electron chi connectivity index (χ2n) is 6.85. The smallest absolute Gasteiger partial charge is 0.264 e. The molecule has 1 fully saturated rings. The normalized spacial score (nSPS) is 19.0. The molecule has 0 radical (unpaired) electrons. The van der Waals surface area contributed by atoms with Crippen molar-refractivity contribution < 1.29 is 4.79 Å². The largest absolute Gasteiger partial charge is 0.334 e. The topological polar surface area (TPSA) is 82.8 Å². The number of piperidine rings is 1. The van der Waals surface area contributed by atoms with Gasteiger partial charge in [0.25, 0.3) is 5.91 Å². The van der Waals surface area contributed by atoms with Gasteiger partial charge >= 0.3 is 0 Å². The second-order valence-corrected chi connectivity index (χ2v) is 9.09. The van der Waals surface area contributed by atoms with Gasteiger partial charge in [-0.2, -0.15) is 5.26 Å². The van der Waals surface area contributed by atoms with Gasteiger partial charge < -0.3 is 4.90 Å². The Hall–Kier alpha value is -2.76. The quantitative estimate of drug-likeness (QED) is 0.626. The van der Waals surface area contributed by atoms with E-state index in [0.717, 1.165) is 23.4 Å². The predicted octanol–water partition coefficient (Wildman–Crippen LogP) is 4.26. The highest BCUT2D eigenvalue weighted by Crippen LogP contribution is 2.34. The van der Waals surface area contributed by atoms with Crippen LogP contribution in [-0.4, -0.2) is 43.6 Å². The van der Waals surface area contributed by atoms with E-state index < -0.39 is 0 Å². The average molecular weight is 422 g/mol. The highest BCUT2D eigenvalue weighted by molar-refractivity contribution is 7.99. The standard InChI is InChI=1S/C21H19N5OS2/c1-14-3-4-16(29-18-11-15(12-22)5-9-23-18)13-26(14)21(27)19-17(6-10-28-19)20-24-7-2-8-25-20/h2,5-11,14,16H,3-4,13H2,1H3/t14-,16-/m1/s1. The van der Waals surface area contributed by atoms with Crippen molar-refractivity contribution in [1.82, 2.24) is 19.9 Å². The first-order valence-corrected chi connectivity index (χ1v) is 11.1. The van der Waals surface area contributed by atoms with Crippen LogP contribution in [0.4, 0.5) is 0 Å². The molecule has 2 atom stereocenters. The molecule has 29 heavy (non-hydrogen) atoms. The summed E-state index contributed by atoms with van der Waals surface area (Å²) in [5.74, 6) is 0.601. The lowest BCUT2D eigenvalue weighted by atomic mass is 10.0. The van der Waals surface area contributed by atoms with E-state index in [-0.39, 0.29) is 17.2 Å². The van der Waals surface area contributed by atoms with E-state index in [1.165, 1.54) is 11.3 Å². The van der Waals surface area contributed by atoms with Crippen LogP contribution in [0, 0.1) is 11.3 Å². The summed E-state index contributed by atoms with van der Waals surface area (Å²) < 4.78 is 0. The zero-order chi connectivity index (χ0) is 20.2. The van der Waals surface area contributed by atoms with Gasteiger partial charge in [-0.05, 0) is 49.4 Å². The van der Waals surface area contributed by atoms with Gasteiger partial charge in [0.1, 0.15) is 4.88 Å². The van der Waals surface area contributed by atoms with Crippen LogP contribution in [0.5, 0.6) is 0 Å². The van der Waals surface area contributed by atoms with Crippen molar-refractivity contribution in [2.24, 2.45) is 0 Å². The van der Waals surface area contributed by atoms with Crippen LogP contribution >= 0.6 is 23.1 Å². The Kier molecular flexibility index (Phi) is 5.88. The minimum Gasteiger partial charge on any atom is -0.334 e. The third kappa shape index (κ3) is 4.31. The van der Waals surface area contributed by atoms with E-state index >= 15 is 0 Å². The first-order valence-electron chi connectivity index (χ1n) is 9.34. The fourth-order valence-electron chi connectivity index (χ4n) is 3.39. The predicted molar refractivity (Wildman–Crippen MR) is 114 cm³/mol. The van der Waals surface area contributed by atoms with Gasteiger partial charge in [0.15, 0.2) is 5.82 Å². The number of likely N-dealkylation sites (tertiary alicyclic amines) is 1. The zero-order valence-electron chi connectivity index (χ0n) is 15.9. The van der Waals surface area contributed by atoms with E-state index in [0.29, 0.717) is 22.8 Å². The van der Waals surface area contributed by atoms with Crippen LogP contribution in [0.1, 0.15) is 35.0 Å². The fraction of sp³-hybridized carbons (Fsp3) is 0.286. The number of thiophene rings is 1. The molecule has 3 aromatic heterocycles. The maximum atomic E-state index is 13.4. The van der Waals surface area contributed by atoms with Crippen LogP contribution in [0.2, 0.25) is 0 Å². The number of carbonyl (C=O) groups is 1. The van der Waals surface area contributed by atoms with E-state index in [4.69, 9.17) is 5.26 Å². The van der Waals surface area contributed by atoms with Crippen molar-refractivity contribution in [3.8, 4) is 17.5 Å². The lowest BCUT2D eigenvalue weighted by Gasteiger charge is -2.37. The summed E-state index contributed by atoms with van der Waals surface area (Å²) in [5.41, 5.74) is 1.39. The first-order chi connectivity index (χ1) is 14.2. The number of pyridine rings is 1. The summed E-state index contributed by atoms with van der Waals surface area (Å²) in [6, 6.07) is 9.50. The molecule has 0 spiro atoms. The van der Waals surface area contributed by atoms with Crippen LogP contribution in [-0.2, 0) is 0 Å². The average Bonchev–Trinajstić information content (AvgIpc) is 3.25. The van der Waals surface area contributed by atoms with Crippen molar-refractivity contribution >= 4 is 29.0 Å². The van der Waals surface area contributed by atoms with Crippen molar-refractivity contribution in [3.05, 3.63) is 58.7 Å². The van der Waals surface area contributed by atoms with Crippen molar-refractivity contribution in [2.45, 2.75) is 36.1 Å². The fourth-order valence-corrected chi connectivity index (χ4v) is 5.38. The van der Waals surface area contributed by atoms with Gasteiger partial charge in [-0.15, -0.1) is 23.1 Å². The maximum Gasteiger partial charge on any atom is 0.264 e. The van der Waals surface area contributed by atoms with Gasteiger partial charge in [-0.25, -0.2) is 15.0 Å². The maximum absolute atomic E-state index is 13.4. The number of thioether (sulfide) groups is 1. The molecule has 1 aliphatic rings. The number of hydrogen-bond acceptors (Lipinski definition) is 7. The highest BCUT2D eigenvalue weighted by atomic mass is 32.2. The molecule has 3 aromatic rings. The molecular formula is C21H19N5OS2. The molecule has 4 rings (SSSR count). The first kappa shape index (κ1) is 19.6. The summed E-state index contributed by atoms with van der Waals surface area (Å²) in [4.78, 5) is 29.0. The monoisotopic (exact) mass is 421 g/mol. The molecule has 1 saturated heterocycles. The van der Waals surface area contributed by atoms with Gasteiger partial charge in [-0.1, -0.05) is 0 Å². The van der Waals surface area contributed by atoms with Gasteiger partial charge in [0.2, 0.25) is 0 Å². The van der Waals surface area contributed by atoms with Gasteiger partial charge in [0, 0.05) is 42.0 Å². The summed E-state index contributed by atoms with van der Waals surface area (Å²) in [7, 11) is 0. The van der Waals surface area contributed by atoms with Crippen LogP contribution in [0.15, 0.2) is 53.3 Å². The Morgan fingerprint density at radius 3 is 2.86 bits per heavy atom. The number of hydrogen-bond donors (Lipinski definition) is 0. The van der Waals surface area contributed by atoms with Gasteiger partial charge in [0.05, 0.1) is 16.7 Å². The SMILES string of the molecule is C[C@@H]1CC[C@@H](Sc2cc(C#N)ccn2)CN1C(=O)c1sccc1-c1ncccn1. The van der Waals surface area contributed by atoms with Crippen molar-refractivity contribution in [1.29, 1.82) is 5.26 Å². The molecule has 0 aromatic carbocycles. The highest BCUT2D eigenvalue weighted by Gasteiger charge is 2.32. The van der Waals surface area contributed by atoms with Crippen molar-refractivity contribution in [3.63, 3.8) is 0 Å². The number of amides is 1. The molecule has 1 amide bonds. The molecule has 4 heterocycles. The minimum atomic E-state index is 0.0268. The number of rotatable bonds is 4. The summed E-state index contributed by atoms with van der Waals surface area (Å²) in [5, 5.41) is 12.1. The van der Waals surface area contributed by atoms with E-state index in [2.05, 4.69) is 27.9 Å². The Balaban J connectivity index is 1.53. The Bertz CT molecular complexity index is 1050. The Morgan fingerprint density at radius 2 is 2.07 bits per heavy atom. The molecule has 0 N–H and O–H groups in total. The molecule has 146 valence electrons. The van der Waals surface area contributed by atoms with Crippen LogP contribution in [0.25, 0.3) is 11.4 Å². The number of carbonyl (C=O) groups excluding carboxylic acids is 1. The molecule has 0 unspecified atom stereocenters. The zero-order valence-corrected chi connectivity index (χ0v) is 17.5. The summed E-state index contributed by atoms with van der Waals surface area (Å²) >= 11 is 3.07. The molecule has 8 heteroatoms. The summed E-state index contributed by atoms with van der Waals surface area (Å²) in [6.07, 6.45) is 6.98. The lowest BCUT2D eigenvalue weighted by molar-refractivity contribution is 0.0648. The lowest BCUT2D eigenvalue weighted by Crippen LogP contribution is -2.46. The minimum absolute atomic E-state index is 0.0268. The number of aromatic nitrogens is 3. The molecular weight excluding hydrogens is 402 g/mol. The van der Waals surface area contributed by atoms with Gasteiger partial charge in [-0.3, -0.25) is 4.79 Å². The van der Waals surface area contributed by atoms with E-state index in [1.807, 2.05) is 16.3 Å². The molecule has 0 aliphatic carbocycles. The van der Waals surface area contributed by atoms with E-state index in [1.54, 1.807) is 48.6 Å². The Labute approximate surface area is 177 Å². The Morgan fingerprint density at radius 1 is 1.24 bits per heavy atom. The second kappa shape index (κ2) is 8.72. The third-order valence-corrected chi connectivity index (χ3v) is 7.00. The third-order valence-electron chi connectivity index (χ3n) is 4.92. The molecule has 6 nitrogen and oxygen atoms in total. The molecule has 1 aliphatic heterocycles. The van der Waals surface area contributed by atoms with Crippen LogP contribution in [0.3, 0.4) is 0 Å². The number of nitrogens with zero attached hydrogens (tertiary/aromatic N) is 5.